The summed E-state index contributed by atoms with van der Waals surface area (Å²) >= 11 is 4.91. The number of thiocarbonyl (C=S) groups is 1. The van der Waals surface area contributed by atoms with Crippen molar-refractivity contribution >= 4 is 40.6 Å². The van der Waals surface area contributed by atoms with Crippen molar-refractivity contribution in [3.63, 3.8) is 0 Å². The third kappa shape index (κ3) is 7.40. The van der Waals surface area contributed by atoms with Crippen LogP contribution in [0.5, 0.6) is 0 Å². The molecule has 0 saturated carbocycles. The number of carbonyl (C=O) groups excluding carboxylic acids is 4. The fourth-order valence-corrected chi connectivity index (χ4v) is 1.72. The van der Waals surface area contributed by atoms with E-state index in [1.165, 1.54) is 0 Å². The predicted molar refractivity (Wildman–Crippen MR) is 91.0 cm³/mol. The second-order valence-corrected chi connectivity index (χ2v) is 4.99. The minimum absolute atomic E-state index is 0.00652. The smallest absolute Gasteiger partial charge is 0.301 e. The van der Waals surface area contributed by atoms with Crippen molar-refractivity contribution in [2.75, 3.05) is 13.1 Å². The lowest BCUT2D eigenvalue weighted by atomic mass is 10.1. The minimum Gasteiger partial charge on any atom is -0.347 e. The van der Waals surface area contributed by atoms with Gasteiger partial charge in [-0.25, -0.2) is 0 Å². The van der Waals surface area contributed by atoms with Crippen molar-refractivity contribution in [2.45, 2.75) is 6.42 Å². The number of Topliss-reactive ketones (excluding diaryl/α,β-unsaturated/α-hetero) is 2. The van der Waals surface area contributed by atoms with Gasteiger partial charge in [0, 0.05) is 11.5 Å². The van der Waals surface area contributed by atoms with Gasteiger partial charge in [0.1, 0.15) is 0 Å². The molecule has 0 unspecified atom stereocenters. The molecule has 0 radical (unpaired) electrons. The van der Waals surface area contributed by atoms with Crippen LogP contribution in [0, 0.1) is 11.8 Å². The lowest BCUT2D eigenvalue weighted by molar-refractivity contribution is -0.122. The van der Waals surface area contributed by atoms with Crippen molar-refractivity contribution in [3.8, 4) is 11.8 Å². The van der Waals surface area contributed by atoms with Crippen molar-refractivity contribution in [1.29, 1.82) is 0 Å². The molecule has 1 aromatic rings. The highest BCUT2D eigenvalue weighted by Gasteiger charge is 2.10. The second kappa shape index (κ2) is 9.99. The Morgan fingerprint density at radius 2 is 1.75 bits per heavy atom. The van der Waals surface area contributed by atoms with Crippen molar-refractivity contribution in [1.82, 2.24) is 10.6 Å². The quantitative estimate of drug-likeness (QED) is 0.273. The Morgan fingerprint density at radius 3 is 2.38 bits per heavy atom. The molecule has 0 aliphatic heterocycles. The number of amides is 2. The zero-order chi connectivity index (χ0) is 17.9. The summed E-state index contributed by atoms with van der Waals surface area (Å²) in [4.78, 5) is 45.6. The molecule has 124 valence electrons. The summed E-state index contributed by atoms with van der Waals surface area (Å²) in [7, 11) is 0. The molecule has 0 bridgehead atoms. The van der Waals surface area contributed by atoms with Gasteiger partial charge in [0.2, 0.25) is 11.7 Å². The summed E-state index contributed by atoms with van der Waals surface area (Å²) in [5.41, 5.74) is 5.53. The molecule has 24 heavy (non-hydrogen) atoms. The molecule has 8 heteroatoms. The van der Waals surface area contributed by atoms with Crippen LogP contribution >= 0.6 is 12.2 Å². The number of hydrogen-bond donors (Lipinski definition) is 3. The number of carbonyl (C=O) groups is 4. The molecule has 0 saturated heterocycles. The lowest BCUT2D eigenvalue weighted by Crippen LogP contribution is -2.34. The molecule has 7 nitrogen and oxygen atoms in total. The number of nitrogens with two attached hydrogens (primary N) is 1. The molecule has 2 amide bonds. The third-order valence-electron chi connectivity index (χ3n) is 2.62. The van der Waals surface area contributed by atoms with Gasteiger partial charge in [0.25, 0.3) is 0 Å². The summed E-state index contributed by atoms with van der Waals surface area (Å²) < 4.78 is 0. The molecule has 1 aromatic carbocycles. The first-order chi connectivity index (χ1) is 11.4. The van der Waals surface area contributed by atoms with Gasteiger partial charge in [-0.2, -0.15) is 0 Å². The van der Waals surface area contributed by atoms with E-state index >= 15 is 0 Å². The predicted octanol–water partition coefficient (Wildman–Crippen LogP) is -0.650. The maximum atomic E-state index is 11.9. The van der Waals surface area contributed by atoms with E-state index in [1.54, 1.807) is 30.3 Å². The van der Waals surface area contributed by atoms with E-state index in [-0.39, 0.29) is 30.3 Å². The SMILES string of the molecule is NCC(=O)NCC(=O)C#CC(=O)NC(=S)CC(=O)c1ccccc1. The first-order valence-corrected chi connectivity index (χ1v) is 7.27. The fourth-order valence-electron chi connectivity index (χ4n) is 1.50. The number of benzene rings is 1. The monoisotopic (exact) mass is 345 g/mol. The van der Waals surface area contributed by atoms with Crippen molar-refractivity contribution in [2.24, 2.45) is 5.73 Å². The standard InChI is InChI=1S/C16H15N3O4S/c17-9-15(23)18-10-12(20)6-7-14(22)19-16(24)8-13(21)11-4-2-1-3-5-11/h1-5H,8-10,17H2,(H,18,23)(H,19,22,24). The molecule has 0 fully saturated rings. The van der Waals surface area contributed by atoms with Crippen LogP contribution in [-0.2, 0) is 14.4 Å². The van der Waals surface area contributed by atoms with E-state index in [0.717, 1.165) is 0 Å². The van der Waals surface area contributed by atoms with Gasteiger partial charge in [-0.3, -0.25) is 19.2 Å². The molecule has 4 N–H and O–H groups in total. The van der Waals surface area contributed by atoms with Gasteiger partial charge < -0.3 is 16.4 Å². The average Bonchev–Trinajstić information content (AvgIpc) is 2.58. The summed E-state index contributed by atoms with van der Waals surface area (Å²) in [5.74, 6) is 1.88. The molecule has 0 spiro atoms. The van der Waals surface area contributed by atoms with Crippen LogP contribution in [0.1, 0.15) is 16.8 Å². The molecule has 0 atom stereocenters. The van der Waals surface area contributed by atoms with Crippen LogP contribution in [0.15, 0.2) is 30.3 Å². The summed E-state index contributed by atoms with van der Waals surface area (Å²) in [6.07, 6.45) is -0.146. The van der Waals surface area contributed by atoms with E-state index in [9.17, 15) is 19.2 Å². The van der Waals surface area contributed by atoms with Crippen LogP contribution < -0.4 is 16.4 Å². The van der Waals surface area contributed by atoms with E-state index in [1.807, 2.05) is 5.92 Å². The Balaban J connectivity index is 2.43. The summed E-state index contributed by atoms with van der Waals surface area (Å²) in [5, 5.41) is 4.47. The Bertz CT molecular complexity index is 720. The zero-order valence-corrected chi connectivity index (χ0v) is 13.4. The first kappa shape index (κ1) is 19.2. The third-order valence-corrected chi connectivity index (χ3v) is 2.86. The highest BCUT2D eigenvalue weighted by Crippen LogP contribution is 2.03. The Morgan fingerprint density at radius 1 is 1.08 bits per heavy atom. The molecule has 1 rings (SSSR count). The largest absolute Gasteiger partial charge is 0.347 e. The Labute approximate surface area is 144 Å². The van der Waals surface area contributed by atoms with Crippen LogP contribution in [0.25, 0.3) is 0 Å². The van der Waals surface area contributed by atoms with Crippen LogP contribution in [0.2, 0.25) is 0 Å². The first-order valence-electron chi connectivity index (χ1n) is 6.86. The highest BCUT2D eigenvalue weighted by atomic mass is 32.1. The van der Waals surface area contributed by atoms with Crippen molar-refractivity contribution in [3.05, 3.63) is 35.9 Å². The normalized spacial score (nSPS) is 9.21. The van der Waals surface area contributed by atoms with Gasteiger partial charge in [-0.15, -0.1) is 0 Å². The number of hydrogen-bond acceptors (Lipinski definition) is 6. The average molecular weight is 345 g/mol. The minimum atomic E-state index is -0.806. The van der Waals surface area contributed by atoms with E-state index in [0.29, 0.717) is 5.56 Å². The molecule has 0 heterocycles. The van der Waals surface area contributed by atoms with Gasteiger partial charge in [0.05, 0.1) is 24.5 Å². The molecular formula is C16H15N3O4S. The van der Waals surface area contributed by atoms with Gasteiger partial charge in [0.15, 0.2) is 5.78 Å². The maximum Gasteiger partial charge on any atom is 0.301 e. The van der Waals surface area contributed by atoms with Gasteiger partial charge >= 0.3 is 5.91 Å². The van der Waals surface area contributed by atoms with Gasteiger partial charge in [-0.1, -0.05) is 42.5 Å². The molecular weight excluding hydrogens is 330 g/mol. The van der Waals surface area contributed by atoms with E-state index < -0.39 is 17.6 Å². The number of nitrogens with one attached hydrogen (secondary N) is 2. The summed E-state index contributed by atoms with van der Waals surface area (Å²) in [6, 6.07) is 8.49. The lowest BCUT2D eigenvalue weighted by Gasteiger charge is -2.03. The van der Waals surface area contributed by atoms with E-state index in [4.69, 9.17) is 18.0 Å². The van der Waals surface area contributed by atoms with Crippen LogP contribution in [-0.4, -0.2) is 41.5 Å². The maximum absolute atomic E-state index is 11.9. The van der Waals surface area contributed by atoms with Gasteiger partial charge in [-0.05, 0) is 5.92 Å². The molecule has 0 aliphatic carbocycles. The summed E-state index contributed by atoms with van der Waals surface area (Å²) in [6.45, 7) is -0.585. The van der Waals surface area contributed by atoms with E-state index in [2.05, 4.69) is 16.6 Å². The topological polar surface area (TPSA) is 118 Å². The second-order valence-electron chi connectivity index (χ2n) is 4.50. The van der Waals surface area contributed by atoms with Crippen LogP contribution in [0.3, 0.4) is 0 Å². The fraction of sp³-hybridized carbons (Fsp3) is 0.188. The Hall–Kier alpha value is -2.89. The van der Waals surface area contributed by atoms with Crippen molar-refractivity contribution < 1.29 is 19.2 Å². The highest BCUT2D eigenvalue weighted by molar-refractivity contribution is 7.80. The van der Waals surface area contributed by atoms with Crippen LogP contribution in [0.4, 0.5) is 0 Å². The zero-order valence-electron chi connectivity index (χ0n) is 12.6. The Kier molecular flexibility index (Phi) is 7.98. The number of ketones is 2. The molecule has 0 aromatic heterocycles. The number of rotatable bonds is 6. The molecule has 0 aliphatic rings.